The molecule has 1 fully saturated rings. The first-order chi connectivity index (χ1) is 13.4. The molecule has 140 valence electrons. The number of nitrogens with one attached hydrogen (secondary N) is 1. The van der Waals surface area contributed by atoms with Gasteiger partial charge < -0.3 is 10.2 Å². The summed E-state index contributed by atoms with van der Waals surface area (Å²) in [5, 5.41) is 12.4. The van der Waals surface area contributed by atoms with Crippen LogP contribution in [0.2, 0.25) is 5.02 Å². The van der Waals surface area contributed by atoms with Crippen molar-refractivity contribution in [2.24, 2.45) is 0 Å². The monoisotopic (exact) mass is 394 g/mol. The molecule has 2 heterocycles. The van der Waals surface area contributed by atoms with Gasteiger partial charge in [-0.25, -0.2) is 0 Å². The molecule has 28 heavy (non-hydrogen) atoms. The van der Waals surface area contributed by atoms with Gasteiger partial charge in [-0.15, -0.1) is 0 Å². The first-order valence-electron chi connectivity index (χ1n) is 8.61. The molecular weight excluding hydrogens is 380 g/mol. The van der Waals surface area contributed by atoms with Crippen LogP contribution in [0.3, 0.4) is 0 Å². The number of carbonyl (C=O) groups excluding carboxylic acids is 3. The Labute approximate surface area is 166 Å². The summed E-state index contributed by atoms with van der Waals surface area (Å²) < 4.78 is 0. The SMILES string of the molecule is CN1C(=O)c2ccc(C#N)cc2N2C(=O)CCC12C(=O)Nc1cccc(Cl)c1. The maximum Gasteiger partial charge on any atom is 0.271 e. The number of nitriles is 1. The molecule has 3 amide bonds. The molecule has 0 spiro atoms. The lowest BCUT2D eigenvalue weighted by molar-refractivity contribution is -0.128. The van der Waals surface area contributed by atoms with E-state index >= 15 is 0 Å². The van der Waals surface area contributed by atoms with Gasteiger partial charge in [0.25, 0.3) is 11.8 Å². The Morgan fingerprint density at radius 3 is 2.75 bits per heavy atom. The van der Waals surface area contributed by atoms with Crippen molar-refractivity contribution < 1.29 is 14.4 Å². The highest BCUT2D eigenvalue weighted by Gasteiger charge is 2.59. The molecule has 2 aromatic carbocycles. The van der Waals surface area contributed by atoms with Gasteiger partial charge in [0.05, 0.1) is 22.9 Å². The molecule has 0 aromatic heterocycles. The van der Waals surface area contributed by atoms with Crippen LogP contribution in [0.25, 0.3) is 0 Å². The molecule has 8 heteroatoms. The molecule has 7 nitrogen and oxygen atoms in total. The quantitative estimate of drug-likeness (QED) is 0.847. The van der Waals surface area contributed by atoms with Crippen molar-refractivity contribution in [1.82, 2.24) is 4.90 Å². The summed E-state index contributed by atoms with van der Waals surface area (Å²) in [4.78, 5) is 41.7. The molecule has 2 aromatic rings. The van der Waals surface area contributed by atoms with Crippen molar-refractivity contribution in [3.63, 3.8) is 0 Å². The molecule has 1 unspecified atom stereocenters. The summed E-state index contributed by atoms with van der Waals surface area (Å²) in [5.41, 5.74) is -0.172. The molecule has 4 rings (SSSR count). The Bertz CT molecular complexity index is 1080. The second kappa shape index (κ2) is 6.36. The highest BCUT2D eigenvalue weighted by molar-refractivity contribution is 6.31. The van der Waals surface area contributed by atoms with Crippen LogP contribution in [0.1, 0.15) is 28.8 Å². The lowest BCUT2D eigenvalue weighted by Gasteiger charge is -2.47. The first kappa shape index (κ1) is 18.0. The average molecular weight is 395 g/mol. The van der Waals surface area contributed by atoms with Crippen LogP contribution < -0.4 is 10.2 Å². The van der Waals surface area contributed by atoms with E-state index in [1.54, 1.807) is 24.3 Å². The lowest BCUT2D eigenvalue weighted by Crippen LogP contribution is -2.68. The molecule has 0 radical (unpaired) electrons. The molecule has 0 bridgehead atoms. The zero-order chi connectivity index (χ0) is 20.1. The van der Waals surface area contributed by atoms with Gasteiger partial charge in [-0.2, -0.15) is 5.26 Å². The maximum absolute atomic E-state index is 13.3. The third-order valence-electron chi connectivity index (χ3n) is 5.21. The highest BCUT2D eigenvalue weighted by Crippen LogP contribution is 2.44. The minimum absolute atomic E-state index is 0.108. The number of benzene rings is 2. The van der Waals surface area contributed by atoms with Crippen molar-refractivity contribution in [3.8, 4) is 6.07 Å². The smallest absolute Gasteiger partial charge is 0.271 e. The van der Waals surface area contributed by atoms with Gasteiger partial charge in [0.15, 0.2) is 0 Å². The molecule has 2 aliphatic rings. The maximum atomic E-state index is 13.3. The van der Waals surface area contributed by atoms with Gasteiger partial charge in [-0.3, -0.25) is 19.3 Å². The molecule has 2 aliphatic heterocycles. The van der Waals surface area contributed by atoms with Gasteiger partial charge in [0.1, 0.15) is 0 Å². The Hall–Kier alpha value is -3.37. The predicted octanol–water partition coefficient (Wildman–Crippen LogP) is 2.76. The van der Waals surface area contributed by atoms with Crippen LogP contribution in [-0.2, 0) is 9.59 Å². The predicted molar refractivity (Wildman–Crippen MR) is 103 cm³/mol. The molecule has 1 atom stereocenters. The fourth-order valence-electron chi connectivity index (χ4n) is 3.84. The Balaban J connectivity index is 1.84. The summed E-state index contributed by atoms with van der Waals surface area (Å²) in [6.45, 7) is 0. The van der Waals surface area contributed by atoms with E-state index in [9.17, 15) is 19.6 Å². The van der Waals surface area contributed by atoms with Gasteiger partial charge >= 0.3 is 0 Å². The third kappa shape index (κ3) is 2.46. The molecular formula is C20H15ClN4O3. The highest BCUT2D eigenvalue weighted by atomic mass is 35.5. The normalized spacial score (nSPS) is 20.5. The number of halogens is 1. The van der Waals surface area contributed by atoms with Crippen molar-refractivity contribution in [1.29, 1.82) is 5.26 Å². The minimum Gasteiger partial charge on any atom is -0.322 e. The second-order valence-electron chi connectivity index (χ2n) is 6.72. The molecule has 0 saturated carbocycles. The van der Waals surface area contributed by atoms with E-state index in [1.807, 2.05) is 6.07 Å². The number of hydrogen-bond acceptors (Lipinski definition) is 4. The molecule has 1 N–H and O–H groups in total. The number of amides is 3. The van der Waals surface area contributed by atoms with Crippen LogP contribution in [-0.4, -0.2) is 35.3 Å². The van der Waals surface area contributed by atoms with E-state index in [0.29, 0.717) is 16.3 Å². The number of likely N-dealkylation sites (N-methyl/N-ethyl adjacent to an activating group) is 1. The van der Waals surface area contributed by atoms with E-state index in [2.05, 4.69) is 5.32 Å². The zero-order valence-electron chi connectivity index (χ0n) is 14.9. The molecule has 0 aliphatic carbocycles. The lowest BCUT2D eigenvalue weighted by atomic mass is 9.95. The van der Waals surface area contributed by atoms with Crippen LogP contribution in [0.15, 0.2) is 42.5 Å². The Morgan fingerprint density at radius 2 is 2.04 bits per heavy atom. The summed E-state index contributed by atoms with van der Waals surface area (Å²) in [6, 6.07) is 13.1. The average Bonchev–Trinajstić information content (AvgIpc) is 3.04. The number of rotatable bonds is 2. The topological polar surface area (TPSA) is 93.5 Å². The van der Waals surface area contributed by atoms with E-state index < -0.39 is 11.6 Å². The number of carbonyl (C=O) groups is 3. The van der Waals surface area contributed by atoms with Crippen molar-refractivity contribution >= 4 is 40.7 Å². The van der Waals surface area contributed by atoms with Crippen LogP contribution in [0.4, 0.5) is 11.4 Å². The van der Waals surface area contributed by atoms with E-state index in [0.717, 1.165) is 0 Å². The third-order valence-corrected chi connectivity index (χ3v) is 5.45. The van der Waals surface area contributed by atoms with E-state index in [1.165, 1.54) is 35.0 Å². The van der Waals surface area contributed by atoms with E-state index in [-0.39, 0.29) is 35.9 Å². The summed E-state index contributed by atoms with van der Waals surface area (Å²) >= 11 is 5.99. The van der Waals surface area contributed by atoms with Gasteiger partial charge in [0, 0.05) is 30.6 Å². The van der Waals surface area contributed by atoms with Crippen LogP contribution >= 0.6 is 11.6 Å². The van der Waals surface area contributed by atoms with Crippen molar-refractivity contribution in [3.05, 3.63) is 58.6 Å². The minimum atomic E-state index is -1.50. The Kier molecular flexibility index (Phi) is 4.09. The summed E-state index contributed by atoms with van der Waals surface area (Å²) in [6.07, 6.45) is 0.257. The van der Waals surface area contributed by atoms with Crippen LogP contribution in [0, 0.1) is 11.3 Å². The van der Waals surface area contributed by atoms with Crippen molar-refractivity contribution in [2.45, 2.75) is 18.5 Å². The fraction of sp³-hybridized carbons (Fsp3) is 0.200. The molecule has 1 saturated heterocycles. The standard InChI is InChI=1S/C20H15ClN4O3/c1-24-18(27)15-6-5-12(11-22)9-16(15)25-17(26)7-8-20(24,25)19(28)23-14-4-2-3-13(21)10-14/h2-6,9-10H,7-8H2,1H3,(H,23,28). The van der Waals surface area contributed by atoms with Gasteiger partial charge in [-0.1, -0.05) is 17.7 Å². The van der Waals surface area contributed by atoms with Gasteiger partial charge in [0.2, 0.25) is 11.6 Å². The number of anilines is 2. The number of hydrogen-bond donors (Lipinski definition) is 1. The van der Waals surface area contributed by atoms with Crippen molar-refractivity contribution in [2.75, 3.05) is 17.3 Å². The number of fused-ring (bicyclic) bond motifs is 3. The number of nitrogens with zero attached hydrogens (tertiary/aromatic N) is 3. The first-order valence-corrected chi connectivity index (χ1v) is 8.98. The largest absolute Gasteiger partial charge is 0.322 e. The Morgan fingerprint density at radius 1 is 1.25 bits per heavy atom. The van der Waals surface area contributed by atoms with Gasteiger partial charge in [-0.05, 0) is 36.4 Å². The zero-order valence-corrected chi connectivity index (χ0v) is 15.7. The van der Waals surface area contributed by atoms with E-state index in [4.69, 9.17) is 11.6 Å². The fourth-order valence-corrected chi connectivity index (χ4v) is 4.03. The van der Waals surface area contributed by atoms with Crippen LogP contribution in [0.5, 0.6) is 0 Å². The summed E-state index contributed by atoms with van der Waals surface area (Å²) in [7, 11) is 1.51. The second-order valence-corrected chi connectivity index (χ2v) is 7.15. The summed E-state index contributed by atoms with van der Waals surface area (Å²) in [5.74, 6) is -1.17.